The van der Waals surface area contributed by atoms with Crippen LogP contribution in [0.5, 0.6) is 0 Å². The van der Waals surface area contributed by atoms with E-state index in [9.17, 15) is 5.11 Å². The normalized spacial score (nSPS) is 19.9. The van der Waals surface area contributed by atoms with E-state index in [2.05, 4.69) is 19.2 Å². The summed E-state index contributed by atoms with van der Waals surface area (Å²) in [5, 5.41) is 13.3. The molecule has 2 N–H and O–H groups in total. The summed E-state index contributed by atoms with van der Waals surface area (Å²) in [7, 11) is 0. The van der Waals surface area contributed by atoms with Crippen LogP contribution in [0.2, 0.25) is 0 Å². The molecule has 0 radical (unpaired) electrons. The first-order chi connectivity index (χ1) is 8.26. The van der Waals surface area contributed by atoms with Crippen molar-refractivity contribution >= 4 is 0 Å². The number of aliphatic hydroxyl groups excluding tert-OH is 1. The molecule has 0 saturated heterocycles. The predicted octanol–water partition coefficient (Wildman–Crippen LogP) is 3.49. The summed E-state index contributed by atoms with van der Waals surface area (Å²) in [6, 6.07) is 0.694. The highest BCUT2D eigenvalue weighted by Gasteiger charge is 2.26. The SMILES string of the molecule is CCC(CC)(CO)CNC1CCCCCCC1. The van der Waals surface area contributed by atoms with Gasteiger partial charge in [-0.15, -0.1) is 0 Å². The lowest BCUT2D eigenvalue weighted by Crippen LogP contribution is -2.41. The van der Waals surface area contributed by atoms with Gasteiger partial charge < -0.3 is 10.4 Å². The molecule has 2 nitrogen and oxygen atoms in total. The van der Waals surface area contributed by atoms with E-state index in [-0.39, 0.29) is 5.41 Å². The Kier molecular flexibility index (Phi) is 7.14. The lowest BCUT2D eigenvalue weighted by molar-refractivity contribution is 0.108. The van der Waals surface area contributed by atoms with Gasteiger partial charge in [0, 0.05) is 24.6 Å². The molecule has 1 saturated carbocycles. The minimum Gasteiger partial charge on any atom is -0.396 e. The highest BCUT2D eigenvalue weighted by atomic mass is 16.3. The smallest absolute Gasteiger partial charge is 0.0499 e. The van der Waals surface area contributed by atoms with Crippen molar-refractivity contribution in [3.8, 4) is 0 Å². The quantitative estimate of drug-likeness (QED) is 0.746. The van der Waals surface area contributed by atoms with E-state index < -0.39 is 0 Å². The third-order valence-corrected chi connectivity index (χ3v) is 4.71. The van der Waals surface area contributed by atoms with Crippen molar-refractivity contribution < 1.29 is 5.11 Å². The minimum absolute atomic E-state index is 0.113. The molecule has 0 aromatic heterocycles. The lowest BCUT2D eigenvalue weighted by atomic mass is 9.82. The van der Waals surface area contributed by atoms with E-state index >= 15 is 0 Å². The first-order valence-electron chi connectivity index (χ1n) is 7.60. The van der Waals surface area contributed by atoms with Crippen molar-refractivity contribution in [1.29, 1.82) is 0 Å². The Labute approximate surface area is 107 Å². The van der Waals surface area contributed by atoms with Gasteiger partial charge in [-0.1, -0.05) is 46.0 Å². The summed E-state index contributed by atoms with van der Waals surface area (Å²) >= 11 is 0. The highest BCUT2D eigenvalue weighted by molar-refractivity contribution is 4.81. The second-order valence-electron chi connectivity index (χ2n) is 5.79. The van der Waals surface area contributed by atoms with Crippen LogP contribution in [0.4, 0.5) is 0 Å². The van der Waals surface area contributed by atoms with Crippen LogP contribution in [-0.4, -0.2) is 24.3 Å². The largest absolute Gasteiger partial charge is 0.396 e. The van der Waals surface area contributed by atoms with Crippen LogP contribution < -0.4 is 5.32 Å². The number of nitrogens with one attached hydrogen (secondary N) is 1. The molecule has 0 spiro atoms. The Morgan fingerprint density at radius 2 is 1.53 bits per heavy atom. The zero-order valence-corrected chi connectivity index (χ0v) is 11.8. The molecule has 17 heavy (non-hydrogen) atoms. The lowest BCUT2D eigenvalue weighted by Gasteiger charge is -2.32. The molecule has 0 aliphatic heterocycles. The molecule has 0 heterocycles. The molecular formula is C15H31NO. The Hall–Kier alpha value is -0.0800. The minimum atomic E-state index is 0.113. The third kappa shape index (κ3) is 4.97. The number of aliphatic hydroxyl groups is 1. The third-order valence-electron chi connectivity index (χ3n) is 4.71. The maximum Gasteiger partial charge on any atom is 0.0499 e. The van der Waals surface area contributed by atoms with Crippen molar-refractivity contribution in [2.75, 3.05) is 13.2 Å². The Morgan fingerprint density at radius 3 is 2.00 bits per heavy atom. The Morgan fingerprint density at radius 1 is 1.00 bits per heavy atom. The predicted molar refractivity (Wildman–Crippen MR) is 74.2 cm³/mol. The molecule has 0 aromatic rings. The summed E-state index contributed by atoms with van der Waals surface area (Å²) in [6.07, 6.45) is 11.8. The van der Waals surface area contributed by atoms with Gasteiger partial charge in [0.2, 0.25) is 0 Å². The number of hydrogen-bond donors (Lipinski definition) is 2. The molecule has 1 aliphatic rings. The molecule has 2 heteroatoms. The van der Waals surface area contributed by atoms with Crippen molar-refractivity contribution in [3.63, 3.8) is 0 Å². The molecule has 0 amide bonds. The van der Waals surface area contributed by atoms with E-state index in [1.165, 1.54) is 44.9 Å². The van der Waals surface area contributed by atoms with Crippen molar-refractivity contribution in [3.05, 3.63) is 0 Å². The summed E-state index contributed by atoms with van der Waals surface area (Å²) < 4.78 is 0. The van der Waals surface area contributed by atoms with Crippen LogP contribution >= 0.6 is 0 Å². The molecule has 0 unspecified atom stereocenters. The Balaban J connectivity index is 2.35. The first-order valence-corrected chi connectivity index (χ1v) is 7.60. The Bertz CT molecular complexity index is 173. The summed E-state index contributed by atoms with van der Waals surface area (Å²) in [6.45, 7) is 5.69. The van der Waals surface area contributed by atoms with Crippen LogP contribution in [0.1, 0.15) is 71.6 Å². The summed E-state index contributed by atoms with van der Waals surface area (Å²) in [5.74, 6) is 0. The van der Waals surface area contributed by atoms with Gasteiger partial charge in [-0.3, -0.25) is 0 Å². The molecule has 102 valence electrons. The van der Waals surface area contributed by atoms with Crippen LogP contribution in [0.15, 0.2) is 0 Å². The molecule has 1 rings (SSSR count). The highest BCUT2D eigenvalue weighted by Crippen LogP contribution is 2.25. The van der Waals surface area contributed by atoms with Gasteiger partial charge in [-0.2, -0.15) is 0 Å². The van der Waals surface area contributed by atoms with Gasteiger partial charge in [-0.05, 0) is 25.7 Å². The van der Waals surface area contributed by atoms with E-state index in [0.717, 1.165) is 19.4 Å². The average Bonchev–Trinajstić information content (AvgIpc) is 2.33. The average molecular weight is 241 g/mol. The summed E-state index contributed by atoms with van der Waals surface area (Å²) in [4.78, 5) is 0. The van der Waals surface area contributed by atoms with E-state index in [1.54, 1.807) is 0 Å². The molecular weight excluding hydrogens is 210 g/mol. The van der Waals surface area contributed by atoms with E-state index in [0.29, 0.717) is 12.6 Å². The second kappa shape index (κ2) is 8.10. The first kappa shape index (κ1) is 15.0. The topological polar surface area (TPSA) is 32.3 Å². The standard InChI is InChI=1S/C15H31NO/c1-3-15(4-2,13-17)12-16-14-10-8-6-5-7-9-11-14/h14,16-17H,3-13H2,1-2H3. The van der Waals surface area contributed by atoms with Gasteiger partial charge in [0.15, 0.2) is 0 Å². The van der Waals surface area contributed by atoms with Gasteiger partial charge in [-0.25, -0.2) is 0 Å². The van der Waals surface area contributed by atoms with Crippen LogP contribution in [0.3, 0.4) is 0 Å². The van der Waals surface area contributed by atoms with Gasteiger partial charge >= 0.3 is 0 Å². The maximum atomic E-state index is 9.57. The van der Waals surface area contributed by atoms with Gasteiger partial charge in [0.25, 0.3) is 0 Å². The van der Waals surface area contributed by atoms with Crippen LogP contribution in [0, 0.1) is 5.41 Å². The fraction of sp³-hybridized carbons (Fsp3) is 1.00. The zero-order chi connectivity index (χ0) is 12.6. The van der Waals surface area contributed by atoms with E-state index in [1.807, 2.05) is 0 Å². The van der Waals surface area contributed by atoms with E-state index in [4.69, 9.17) is 0 Å². The molecule has 0 bridgehead atoms. The van der Waals surface area contributed by atoms with Crippen molar-refractivity contribution in [1.82, 2.24) is 5.32 Å². The fourth-order valence-electron chi connectivity index (χ4n) is 2.80. The molecule has 0 atom stereocenters. The molecule has 1 aliphatic carbocycles. The number of hydrogen-bond acceptors (Lipinski definition) is 2. The van der Waals surface area contributed by atoms with Gasteiger partial charge in [0.05, 0.1) is 0 Å². The second-order valence-corrected chi connectivity index (χ2v) is 5.79. The van der Waals surface area contributed by atoms with Crippen LogP contribution in [0.25, 0.3) is 0 Å². The monoisotopic (exact) mass is 241 g/mol. The van der Waals surface area contributed by atoms with Crippen molar-refractivity contribution in [2.45, 2.75) is 77.7 Å². The van der Waals surface area contributed by atoms with Crippen LogP contribution in [-0.2, 0) is 0 Å². The number of rotatable bonds is 6. The molecule has 0 aromatic carbocycles. The maximum absolute atomic E-state index is 9.57. The summed E-state index contributed by atoms with van der Waals surface area (Å²) in [5.41, 5.74) is 0.113. The molecule has 1 fully saturated rings. The zero-order valence-electron chi connectivity index (χ0n) is 11.8. The fourth-order valence-corrected chi connectivity index (χ4v) is 2.80. The van der Waals surface area contributed by atoms with Crippen molar-refractivity contribution in [2.24, 2.45) is 5.41 Å². The van der Waals surface area contributed by atoms with Gasteiger partial charge in [0.1, 0.15) is 0 Å².